The standard InChI is InChI=1S/C26H27FN4O3S/c27-19-10-12-21(13-11-19)31(23(32)17-29-25(33)22-9-5-15-35-22)24(18-6-4-14-28-16-18)26(34)30-20-7-2-1-3-8-20/h4-6,9-16,20,24H,1-3,7-8,17H2,(H,29,33)(H,30,34). The average Bonchev–Trinajstić information content (AvgIpc) is 3.43. The third kappa shape index (κ3) is 6.30. The minimum absolute atomic E-state index is 0.0270. The Morgan fingerprint density at radius 1 is 1.06 bits per heavy atom. The van der Waals surface area contributed by atoms with E-state index in [4.69, 9.17) is 0 Å². The predicted octanol–water partition coefficient (Wildman–Crippen LogP) is 4.24. The monoisotopic (exact) mass is 494 g/mol. The van der Waals surface area contributed by atoms with Crippen LogP contribution in [0.4, 0.5) is 10.1 Å². The van der Waals surface area contributed by atoms with Gasteiger partial charge in [0.05, 0.1) is 11.4 Å². The van der Waals surface area contributed by atoms with E-state index >= 15 is 0 Å². The van der Waals surface area contributed by atoms with Crippen molar-refractivity contribution in [1.29, 1.82) is 0 Å². The van der Waals surface area contributed by atoms with E-state index in [-0.39, 0.29) is 24.4 Å². The number of nitrogens with zero attached hydrogens (tertiary/aromatic N) is 2. The van der Waals surface area contributed by atoms with Crippen molar-refractivity contribution in [3.05, 3.63) is 82.6 Å². The van der Waals surface area contributed by atoms with Gasteiger partial charge in [0.1, 0.15) is 11.9 Å². The second kappa shape index (κ2) is 11.7. The Labute approximate surface area is 207 Å². The van der Waals surface area contributed by atoms with Crippen molar-refractivity contribution in [3.8, 4) is 0 Å². The van der Waals surface area contributed by atoms with Crippen LogP contribution < -0.4 is 15.5 Å². The van der Waals surface area contributed by atoms with Gasteiger partial charge < -0.3 is 10.6 Å². The van der Waals surface area contributed by atoms with Gasteiger partial charge in [-0.1, -0.05) is 31.4 Å². The molecule has 2 aromatic heterocycles. The molecule has 0 aliphatic heterocycles. The SMILES string of the molecule is O=C(NCC(=O)N(c1ccc(F)cc1)C(C(=O)NC1CCCCC1)c1cccnc1)c1cccs1. The summed E-state index contributed by atoms with van der Waals surface area (Å²) < 4.78 is 13.7. The number of thiophene rings is 1. The molecule has 1 aliphatic rings. The number of hydrogen-bond donors (Lipinski definition) is 2. The van der Waals surface area contributed by atoms with E-state index in [9.17, 15) is 18.8 Å². The van der Waals surface area contributed by atoms with Gasteiger partial charge in [-0.15, -0.1) is 11.3 Å². The maximum atomic E-state index is 13.7. The lowest BCUT2D eigenvalue weighted by Crippen LogP contribution is -2.49. The van der Waals surface area contributed by atoms with Crippen molar-refractivity contribution in [3.63, 3.8) is 0 Å². The Balaban J connectivity index is 1.65. The summed E-state index contributed by atoms with van der Waals surface area (Å²) in [7, 11) is 0. The molecule has 1 aliphatic carbocycles. The van der Waals surface area contributed by atoms with Gasteiger partial charge in [-0.3, -0.25) is 24.3 Å². The topological polar surface area (TPSA) is 91.4 Å². The maximum absolute atomic E-state index is 13.7. The Hall–Kier alpha value is -3.59. The molecule has 3 aromatic rings. The number of aromatic nitrogens is 1. The summed E-state index contributed by atoms with van der Waals surface area (Å²) in [5.74, 6) is -1.69. The van der Waals surface area contributed by atoms with E-state index in [1.807, 2.05) is 0 Å². The van der Waals surface area contributed by atoms with Crippen molar-refractivity contribution in [1.82, 2.24) is 15.6 Å². The number of amides is 3. The fourth-order valence-corrected chi connectivity index (χ4v) is 4.90. The average molecular weight is 495 g/mol. The number of hydrogen-bond acceptors (Lipinski definition) is 5. The second-order valence-corrected chi connectivity index (χ2v) is 9.38. The van der Waals surface area contributed by atoms with Crippen LogP contribution in [0.25, 0.3) is 0 Å². The van der Waals surface area contributed by atoms with E-state index in [0.717, 1.165) is 32.1 Å². The molecule has 1 unspecified atom stereocenters. The molecule has 4 rings (SSSR count). The van der Waals surface area contributed by atoms with Crippen LogP contribution in [0.1, 0.15) is 53.4 Å². The highest BCUT2D eigenvalue weighted by Gasteiger charge is 2.34. The largest absolute Gasteiger partial charge is 0.351 e. The normalized spacial score (nSPS) is 14.7. The van der Waals surface area contributed by atoms with Crippen molar-refractivity contribution < 1.29 is 18.8 Å². The van der Waals surface area contributed by atoms with Crippen LogP contribution in [0.15, 0.2) is 66.3 Å². The summed E-state index contributed by atoms with van der Waals surface area (Å²) in [5, 5.41) is 7.51. The molecule has 0 bridgehead atoms. The first kappa shape index (κ1) is 24.5. The molecule has 2 N–H and O–H groups in total. The van der Waals surface area contributed by atoms with Crippen LogP contribution >= 0.6 is 11.3 Å². The molecule has 0 radical (unpaired) electrons. The van der Waals surface area contributed by atoms with Gasteiger partial charge in [-0.05, 0) is 54.6 Å². The molecule has 182 valence electrons. The lowest BCUT2D eigenvalue weighted by Gasteiger charge is -2.33. The number of carbonyl (C=O) groups is 3. The molecule has 9 heteroatoms. The molecule has 1 saturated carbocycles. The van der Waals surface area contributed by atoms with Crippen LogP contribution in [0, 0.1) is 5.82 Å². The number of pyridine rings is 1. The number of nitrogens with one attached hydrogen (secondary N) is 2. The van der Waals surface area contributed by atoms with Gasteiger partial charge in [0.15, 0.2) is 0 Å². The first-order chi connectivity index (χ1) is 17.0. The highest BCUT2D eigenvalue weighted by atomic mass is 32.1. The molecular formula is C26H27FN4O3S. The van der Waals surface area contributed by atoms with Crippen molar-refractivity contribution >= 4 is 34.7 Å². The summed E-state index contributed by atoms with van der Waals surface area (Å²) in [4.78, 5) is 45.5. The fraction of sp³-hybridized carbons (Fsp3) is 0.308. The zero-order valence-corrected chi connectivity index (χ0v) is 20.0. The molecule has 1 aromatic carbocycles. The Morgan fingerprint density at radius 2 is 1.83 bits per heavy atom. The minimum Gasteiger partial charge on any atom is -0.351 e. The van der Waals surface area contributed by atoms with Gasteiger partial charge >= 0.3 is 0 Å². The molecule has 0 spiro atoms. The van der Waals surface area contributed by atoms with Gasteiger partial charge in [0.2, 0.25) is 11.8 Å². The summed E-state index contributed by atoms with van der Waals surface area (Å²) in [6, 6.07) is 11.2. The first-order valence-electron chi connectivity index (χ1n) is 11.6. The van der Waals surface area contributed by atoms with Crippen molar-refractivity contribution in [2.45, 2.75) is 44.2 Å². The highest BCUT2D eigenvalue weighted by Crippen LogP contribution is 2.29. The summed E-state index contributed by atoms with van der Waals surface area (Å²) in [5.41, 5.74) is 0.859. The maximum Gasteiger partial charge on any atom is 0.261 e. The Bertz CT molecular complexity index is 1130. The van der Waals surface area contributed by atoms with Gasteiger partial charge in [0.25, 0.3) is 5.91 Å². The van der Waals surface area contributed by atoms with Crippen LogP contribution in [0.2, 0.25) is 0 Å². The predicted molar refractivity (Wildman–Crippen MR) is 133 cm³/mol. The zero-order valence-electron chi connectivity index (χ0n) is 19.2. The summed E-state index contributed by atoms with van der Waals surface area (Å²) in [6.45, 7) is -0.332. The Kier molecular flexibility index (Phi) is 8.20. The smallest absolute Gasteiger partial charge is 0.261 e. The van der Waals surface area contributed by atoms with Crippen LogP contribution in [0.5, 0.6) is 0 Å². The summed E-state index contributed by atoms with van der Waals surface area (Å²) >= 11 is 1.27. The molecule has 0 saturated heterocycles. The van der Waals surface area contributed by atoms with E-state index in [0.29, 0.717) is 16.1 Å². The zero-order chi connectivity index (χ0) is 24.6. The van der Waals surface area contributed by atoms with Gasteiger partial charge in [0, 0.05) is 29.7 Å². The fourth-order valence-electron chi connectivity index (χ4n) is 4.26. The molecule has 1 atom stereocenters. The third-order valence-corrected chi connectivity index (χ3v) is 6.85. The Morgan fingerprint density at radius 3 is 2.49 bits per heavy atom. The highest BCUT2D eigenvalue weighted by molar-refractivity contribution is 7.12. The second-order valence-electron chi connectivity index (χ2n) is 8.43. The van der Waals surface area contributed by atoms with E-state index in [1.165, 1.54) is 40.5 Å². The first-order valence-corrected chi connectivity index (χ1v) is 12.5. The lowest BCUT2D eigenvalue weighted by atomic mass is 9.94. The number of anilines is 1. The minimum atomic E-state index is -1.04. The van der Waals surface area contributed by atoms with E-state index in [2.05, 4.69) is 15.6 Å². The van der Waals surface area contributed by atoms with Crippen LogP contribution in [-0.2, 0) is 9.59 Å². The van der Waals surface area contributed by atoms with Crippen molar-refractivity contribution in [2.24, 2.45) is 0 Å². The molecule has 1 fully saturated rings. The number of rotatable bonds is 8. The van der Waals surface area contributed by atoms with Gasteiger partial charge in [-0.25, -0.2) is 4.39 Å². The van der Waals surface area contributed by atoms with Crippen LogP contribution in [-0.4, -0.2) is 35.3 Å². The van der Waals surface area contributed by atoms with Crippen molar-refractivity contribution in [2.75, 3.05) is 11.4 Å². The molecule has 35 heavy (non-hydrogen) atoms. The molecular weight excluding hydrogens is 467 g/mol. The molecule has 3 amide bonds. The quantitative estimate of drug-likeness (QED) is 0.490. The number of benzene rings is 1. The molecule has 2 heterocycles. The lowest BCUT2D eigenvalue weighted by molar-refractivity contribution is -0.127. The number of carbonyl (C=O) groups excluding carboxylic acids is 3. The van der Waals surface area contributed by atoms with Crippen LogP contribution in [0.3, 0.4) is 0 Å². The van der Waals surface area contributed by atoms with Gasteiger partial charge in [-0.2, -0.15) is 0 Å². The molecule has 7 nitrogen and oxygen atoms in total. The third-order valence-electron chi connectivity index (χ3n) is 5.98. The number of halogens is 1. The van der Waals surface area contributed by atoms with E-state index < -0.39 is 17.8 Å². The summed E-state index contributed by atoms with van der Waals surface area (Å²) in [6.07, 6.45) is 8.11. The van der Waals surface area contributed by atoms with E-state index in [1.54, 1.807) is 42.0 Å².